The van der Waals surface area contributed by atoms with E-state index in [-0.39, 0.29) is 0 Å². The average Bonchev–Trinajstić information content (AvgIpc) is 2.31. The van der Waals surface area contributed by atoms with Crippen molar-refractivity contribution in [3.8, 4) is 11.1 Å². The quantitative estimate of drug-likeness (QED) is 0.649. The van der Waals surface area contributed by atoms with E-state index in [9.17, 15) is 0 Å². The fraction of sp³-hybridized carbons (Fsp3) is 0.0667. The van der Waals surface area contributed by atoms with Gasteiger partial charge in [-0.3, -0.25) is 0 Å². The van der Waals surface area contributed by atoms with Crippen LogP contribution in [-0.2, 0) is 6.42 Å². The molecular formula is C15H13. The predicted molar refractivity (Wildman–Crippen MR) is 64.6 cm³/mol. The molecule has 73 valence electrons. The van der Waals surface area contributed by atoms with Gasteiger partial charge in [-0.05, 0) is 29.2 Å². The summed E-state index contributed by atoms with van der Waals surface area (Å²) < 4.78 is 0. The lowest BCUT2D eigenvalue weighted by atomic mass is 9.98. The summed E-state index contributed by atoms with van der Waals surface area (Å²) >= 11 is 0. The largest absolute Gasteiger partial charge is 0.103 e. The highest BCUT2D eigenvalue weighted by Gasteiger charge is 2.01. The number of rotatable bonds is 3. The van der Waals surface area contributed by atoms with E-state index in [4.69, 9.17) is 0 Å². The molecule has 0 amide bonds. The van der Waals surface area contributed by atoms with Crippen LogP contribution >= 0.6 is 0 Å². The van der Waals surface area contributed by atoms with Crippen LogP contribution in [0.4, 0.5) is 0 Å². The van der Waals surface area contributed by atoms with Gasteiger partial charge in [0.25, 0.3) is 0 Å². The predicted octanol–water partition coefficient (Wildman–Crippen LogP) is 3.88. The smallest absolute Gasteiger partial charge is 0.00938 e. The van der Waals surface area contributed by atoms with E-state index in [0.717, 1.165) is 6.42 Å². The van der Waals surface area contributed by atoms with Gasteiger partial charge in [-0.25, -0.2) is 0 Å². The molecule has 0 unspecified atom stereocenters. The van der Waals surface area contributed by atoms with Crippen molar-refractivity contribution < 1.29 is 0 Å². The van der Waals surface area contributed by atoms with E-state index in [1.807, 2.05) is 24.3 Å². The molecule has 0 fully saturated rings. The lowest BCUT2D eigenvalue weighted by Gasteiger charge is -2.07. The Morgan fingerprint density at radius 3 is 2.67 bits per heavy atom. The van der Waals surface area contributed by atoms with Crippen molar-refractivity contribution >= 4 is 0 Å². The van der Waals surface area contributed by atoms with Crippen molar-refractivity contribution in [1.82, 2.24) is 0 Å². The van der Waals surface area contributed by atoms with Gasteiger partial charge in [0, 0.05) is 0 Å². The highest BCUT2D eigenvalue weighted by atomic mass is 14.1. The normalized spacial score (nSPS) is 9.87. The van der Waals surface area contributed by atoms with Crippen molar-refractivity contribution in [2.24, 2.45) is 0 Å². The first-order valence-corrected chi connectivity index (χ1v) is 5.07. The third-order valence-corrected chi connectivity index (χ3v) is 2.40. The SMILES string of the molecule is C=CCc1c[c]ccc1-c1ccccc1. The minimum atomic E-state index is 0.890. The summed E-state index contributed by atoms with van der Waals surface area (Å²) in [6.07, 6.45) is 2.82. The van der Waals surface area contributed by atoms with Gasteiger partial charge in [0.15, 0.2) is 0 Å². The van der Waals surface area contributed by atoms with Crippen molar-refractivity contribution in [2.45, 2.75) is 6.42 Å². The molecule has 0 atom stereocenters. The molecule has 0 aliphatic rings. The van der Waals surface area contributed by atoms with Crippen LogP contribution < -0.4 is 0 Å². The molecule has 15 heavy (non-hydrogen) atoms. The van der Waals surface area contributed by atoms with Crippen LogP contribution in [0.3, 0.4) is 0 Å². The molecule has 0 spiro atoms. The van der Waals surface area contributed by atoms with E-state index in [2.05, 4.69) is 43.0 Å². The van der Waals surface area contributed by atoms with Gasteiger partial charge < -0.3 is 0 Å². The molecule has 0 saturated heterocycles. The Morgan fingerprint density at radius 1 is 1.13 bits per heavy atom. The molecule has 0 aliphatic carbocycles. The van der Waals surface area contributed by atoms with Crippen LogP contribution in [0.15, 0.2) is 61.2 Å². The molecule has 2 rings (SSSR count). The summed E-state index contributed by atoms with van der Waals surface area (Å²) in [6.45, 7) is 3.78. The minimum Gasteiger partial charge on any atom is -0.103 e. The molecule has 0 aromatic heterocycles. The molecule has 2 aromatic rings. The first-order chi connectivity index (χ1) is 7.42. The Bertz CT molecular complexity index is 441. The van der Waals surface area contributed by atoms with Gasteiger partial charge in [0.2, 0.25) is 0 Å². The van der Waals surface area contributed by atoms with E-state index < -0.39 is 0 Å². The molecular weight excluding hydrogens is 180 g/mol. The van der Waals surface area contributed by atoms with Crippen molar-refractivity contribution in [1.29, 1.82) is 0 Å². The molecule has 0 nitrogen and oxygen atoms in total. The van der Waals surface area contributed by atoms with E-state index >= 15 is 0 Å². The second kappa shape index (κ2) is 4.61. The molecule has 0 bridgehead atoms. The minimum absolute atomic E-state index is 0.890. The van der Waals surface area contributed by atoms with Crippen LogP contribution in [0.2, 0.25) is 0 Å². The third-order valence-electron chi connectivity index (χ3n) is 2.40. The summed E-state index contributed by atoms with van der Waals surface area (Å²) in [4.78, 5) is 0. The fourth-order valence-corrected chi connectivity index (χ4v) is 1.69. The zero-order chi connectivity index (χ0) is 10.5. The van der Waals surface area contributed by atoms with Crippen LogP contribution in [0.1, 0.15) is 5.56 Å². The summed E-state index contributed by atoms with van der Waals surface area (Å²) in [5.74, 6) is 0. The second-order valence-electron chi connectivity index (χ2n) is 3.44. The zero-order valence-electron chi connectivity index (χ0n) is 8.61. The van der Waals surface area contributed by atoms with E-state index in [0.29, 0.717) is 0 Å². The standard InChI is InChI=1S/C15H13/c1-2-8-13-11-6-7-12-15(13)14-9-4-3-5-10-14/h2-5,7,9-12H,1,8H2. The molecule has 0 heteroatoms. The van der Waals surface area contributed by atoms with Gasteiger partial charge in [-0.2, -0.15) is 0 Å². The van der Waals surface area contributed by atoms with Crippen molar-refractivity contribution in [3.63, 3.8) is 0 Å². The Balaban J connectivity index is 2.48. The fourth-order valence-electron chi connectivity index (χ4n) is 1.69. The van der Waals surface area contributed by atoms with Crippen LogP contribution in [-0.4, -0.2) is 0 Å². The highest BCUT2D eigenvalue weighted by molar-refractivity contribution is 5.67. The zero-order valence-corrected chi connectivity index (χ0v) is 8.61. The summed E-state index contributed by atoms with van der Waals surface area (Å²) in [5.41, 5.74) is 3.80. The van der Waals surface area contributed by atoms with E-state index in [1.165, 1.54) is 16.7 Å². The highest BCUT2D eigenvalue weighted by Crippen LogP contribution is 2.23. The summed E-state index contributed by atoms with van der Waals surface area (Å²) in [6, 6.07) is 19.6. The third kappa shape index (κ3) is 2.16. The van der Waals surface area contributed by atoms with Gasteiger partial charge in [-0.1, -0.05) is 54.6 Å². The first kappa shape index (κ1) is 9.72. The summed E-state index contributed by atoms with van der Waals surface area (Å²) in [5, 5.41) is 0. The Kier molecular flexibility index (Phi) is 2.99. The average molecular weight is 193 g/mol. The van der Waals surface area contributed by atoms with Gasteiger partial charge >= 0.3 is 0 Å². The molecule has 0 aliphatic heterocycles. The summed E-state index contributed by atoms with van der Waals surface area (Å²) in [7, 11) is 0. The van der Waals surface area contributed by atoms with Crippen LogP contribution in [0, 0.1) is 6.07 Å². The molecule has 1 radical (unpaired) electrons. The molecule has 0 saturated carbocycles. The van der Waals surface area contributed by atoms with Crippen LogP contribution in [0.25, 0.3) is 11.1 Å². The first-order valence-electron chi connectivity index (χ1n) is 5.07. The monoisotopic (exact) mass is 193 g/mol. The van der Waals surface area contributed by atoms with Crippen LogP contribution in [0.5, 0.6) is 0 Å². The van der Waals surface area contributed by atoms with E-state index in [1.54, 1.807) is 0 Å². The topological polar surface area (TPSA) is 0 Å². The number of allylic oxidation sites excluding steroid dienone is 1. The molecule has 0 N–H and O–H groups in total. The number of hydrogen-bond donors (Lipinski definition) is 0. The Hall–Kier alpha value is -1.82. The Morgan fingerprint density at radius 2 is 1.93 bits per heavy atom. The maximum absolute atomic E-state index is 3.78. The Labute approximate surface area is 90.9 Å². The maximum atomic E-state index is 3.78. The lowest BCUT2D eigenvalue weighted by Crippen LogP contribution is -1.87. The van der Waals surface area contributed by atoms with Crippen molar-refractivity contribution in [3.05, 3.63) is 72.8 Å². The van der Waals surface area contributed by atoms with Crippen molar-refractivity contribution in [2.75, 3.05) is 0 Å². The number of benzene rings is 2. The van der Waals surface area contributed by atoms with Gasteiger partial charge in [0.1, 0.15) is 0 Å². The van der Waals surface area contributed by atoms with Gasteiger partial charge in [-0.15, -0.1) is 6.58 Å². The maximum Gasteiger partial charge on any atom is -0.00938 e. The molecule has 0 heterocycles. The van der Waals surface area contributed by atoms with Gasteiger partial charge in [0.05, 0.1) is 0 Å². The molecule has 2 aromatic carbocycles. The number of hydrogen-bond acceptors (Lipinski definition) is 0. The lowest BCUT2D eigenvalue weighted by molar-refractivity contribution is 1.28. The second-order valence-corrected chi connectivity index (χ2v) is 3.44.